The van der Waals surface area contributed by atoms with Crippen LogP contribution in [0.2, 0.25) is 0 Å². The van der Waals surface area contributed by atoms with Gasteiger partial charge in [0.2, 0.25) is 4.33 Å². The fraction of sp³-hybridized carbons (Fsp3) is 0.286. The monoisotopic (exact) mass is 274 g/mol. The zero-order valence-electron chi connectivity index (χ0n) is 6.39. The summed E-state index contributed by atoms with van der Waals surface area (Å²) in [6.45, 7) is 0. The van der Waals surface area contributed by atoms with Gasteiger partial charge in [0, 0.05) is 0 Å². The van der Waals surface area contributed by atoms with E-state index in [1.807, 2.05) is 0 Å². The standard InChI is InChI=1S/C7H2Cl4O3/c8-3-1-2-4-7(11,6(3,9)10)14-5(12)13-4/h1-2H. The number of hydrogen-bond acceptors (Lipinski definition) is 3. The first-order chi connectivity index (χ1) is 6.38. The number of carbonyl (C=O) groups is 1. The van der Waals surface area contributed by atoms with Crippen molar-refractivity contribution in [3.63, 3.8) is 0 Å². The number of rotatable bonds is 0. The molecule has 0 aromatic carbocycles. The van der Waals surface area contributed by atoms with Crippen molar-refractivity contribution in [3.05, 3.63) is 22.9 Å². The fourth-order valence-corrected chi connectivity index (χ4v) is 2.01. The van der Waals surface area contributed by atoms with Crippen molar-refractivity contribution in [2.75, 3.05) is 0 Å². The number of allylic oxidation sites excluding steroid dienone is 2. The van der Waals surface area contributed by atoms with Crippen LogP contribution in [-0.4, -0.2) is 15.5 Å². The lowest BCUT2D eigenvalue weighted by atomic mass is 10.1. The van der Waals surface area contributed by atoms with E-state index in [2.05, 4.69) is 9.47 Å². The van der Waals surface area contributed by atoms with E-state index in [9.17, 15) is 4.79 Å². The van der Waals surface area contributed by atoms with Gasteiger partial charge < -0.3 is 9.47 Å². The van der Waals surface area contributed by atoms with Crippen LogP contribution >= 0.6 is 46.4 Å². The summed E-state index contributed by atoms with van der Waals surface area (Å²) in [7, 11) is 0. The van der Waals surface area contributed by atoms with E-state index >= 15 is 0 Å². The highest BCUT2D eigenvalue weighted by Crippen LogP contribution is 2.55. The molecule has 0 aromatic heterocycles. The van der Waals surface area contributed by atoms with Crippen LogP contribution in [0.15, 0.2) is 22.9 Å². The molecule has 1 unspecified atom stereocenters. The molecule has 0 spiro atoms. The highest BCUT2D eigenvalue weighted by molar-refractivity contribution is 6.60. The van der Waals surface area contributed by atoms with Crippen LogP contribution in [0, 0.1) is 0 Å². The molecule has 1 heterocycles. The minimum Gasteiger partial charge on any atom is -0.400 e. The molecule has 1 aliphatic heterocycles. The highest BCUT2D eigenvalue weighted by Gasteiger charge is 2.63. The largest absolute Gasteiger partial charge is 0.515 e. The Bertz CT molecular complexity index is 373. The van der Waals surface area contributed by atoms with Gasteiger partial charge in [-0.2, -0.15) is 0 Å². The maximum Gasteiger partial charge on any atom is 0.515 e. The number of halogens is 4. The second-order valence-electron chi connectivity index (χ2n) is 2.67. The number of hydrogen-bond donors (Lipinski definition) is 0. The van der Waals surface area contributed by atoms with Gasteiger partial charge in [-0.05, 0) is 12.2 Å². The third-order valence-corrected chi connectivity index (χ3v) is 4.10. The van der Waals surface area contributed by atoms with Crippen LogP contribution in [0.3, 0.4) is 0 Å². The Morgan fingerprint density at radius 1 is 1.21 bits per heavy atom. The number of ether oxygens (including phenoxy) is 2. The third-order valence-electron chi connectivity index (χ3n) is 1.82. The van der Waals surface area contributed by atoms with Crippen molar-refractivity contribution >= 4 is 52.6 Å². The van der Waals surface area contributed by atoms with Gasteiger partial charge >= 0.3 is 6.16 Å². The second kappa shape index (κ2) is 2.95. The molecule has 14 heavy (non-hydrogen) atoms. The summed E-state index contributed by atoms with van der Waals surface area (Å²) < 4.78 is 7.59. The summed E-state index contributed by atoms with van der Waals surface area (Å²) in [6.07, 6.45) is 1.81. The average Bonchev–Trinajstić information content (AvgIpc) is 2.37. The molecular weight excluding hydrogens is 274 g/mol. The Labute approximate surface area is 99.1 Å². The third kappa shape index (κ3) is 1.16. The minimum absolute atomic E-state index is 0.0265. The van der Waals surface area contributed by atoms with Crippen LogP contribution < -0.4 is 0 Å². The molecule has 0 saturated carbocycles. The molecule has 0 N–H and O–H groups in total. The van der Waals surface area contributed by atoms with E-state index in [0.717, 1.165) is 0 Å². The first-order valence-electron chi connectivity index (χ1n) is 3.44. The average molecular weight is 276 g/mol. The Hall–Kier alpha value is -0.0900. The number of carbonyl (C=O) groups excluding carboxylic acids is 1. The lowest BCUT2D eigenvalue weighted by Gasteiger charge is -2.32. The molecule has 2 aliphatic rings. The SMILES string of the molecule is O=C1OC2=CC=C(Cl)C(Cl)(Cl)C2(Cl)O1. The lowest BCUT2D eigenvalue weighted by Crippen LogP contribution is -2.44. The molecule has 1 aliphatic carbocycles. The first kappa shape index (κ1) is 10.4. The van der Waals surface area contributed by atoms with E-state index in [-0.39, 0.29) is 10.8 Å². The van der Waals surface area contributed by atoms with Crippen molar-refractivity contribution in [3.8, 4) is 0 Å². The molecule has 7 heteroatoms. The normalized spacial score (nSPS) is 33.9. The molecule has 0 aromatic rings. The molecule has 0 amide bonds. The fourth-order valence-electron chi connectivity index (χ4n) is 1.11. The molecule has 1 saturated heterocycles. The molecule has 1 fully saturated rings. The van der Waals surface area contributed by atoms with Crippen molar-refractivity contribution in [1.29, 1.82) is 0 Å². The molecule has 1 atom stereocenters. The van der Waals surface area contributed by atoms with Crippen molar-refractivity contribution in [1.82, 2.24) is 0 Å². The van der Waals surface area contributed by atoms with Gasteiger partial charge in [-0.1, -0.05) is 46.4 Å². The van der Waals surface area contributed by atoms with E-state index < -0.39 is 15.5 Å². The Kier molecular flexibility index (Phi) is 2.20. The molecule has 3 nitrogen and oxygen atoms in total. The summed E-state index contributed by atoms with van der Waals surface area (Å²) in [5, 5.41) is -1.73. The van der Waals surface area contributed by atoms with Gasteiger partial charge in [-0.15, -0.1) is 0 Å². The van der Waals surface area contributed by atoms with Gasteiger partial charge in [0.15, 0.2) is 5.76 Å². The maximum atomic E-state index is 10.9. The van der Waals surface area contributed by atoms with Crippen molar-refractivity contribution in [2.24, 2.45) is 0 Å². The van der Waals surface area contributed by atoms with Gasteiger partial charge in [-0.25, -0.2) is 4.79 Å². The molecular formula is C7H2Cl4O3. The summed E-state index contributed by atoms with van der Waals surface area (Å²) in [6, 6.07) is 0. The van der Waals surface area contributed by atoms with Gasteiger partial charge in [0.25, 0.3) is 5.06 Å². The van der Waals surface area contributed by atoms with E-state index in [1.165, 1.54) is 12.2 Å². The Morgan fingerprint density at radius 2 is 1.86 bits per heavy atom. The first-order valence-corrected chi connectivity index (χ1v) is 4.95. The quantitative estimate of drug-likeness (QED) is 0.503. The van der Waals surface area contributed by atoms with E-state index in [1.54, 1.807) is 0 Å². The maximum absolute atomic E-state index is 10.9. The zero-order chi connectivity index (χ0) is 10.6. The van der Waals surface area contributed by atoms with Crippen LogP contribution in [0.5, 0.6) is 0 Å². The van der Waals surface area contributed by atoms with Gasteiger partial charge in [-0.3, -0.25) is 0 Å². The molecule has 76 valence electrons. The van der Waals surface area contributed by atoms with Crippen LogP contribution in [0.25, 0.3) is 0 Å². The van der Waals surface area contributed by atoms with Crippen LogP contribution in [0.4, 0.5) is 4.79 Å². The topological polar surface area (TPSA) is 35.5 Å². The van der Waals surface area contributed by atoms with E-state index in [0.29, 0.717) is 0 Å². The zero-order valence-corrected chi connectivity index (χ0v) is 9.42. The molecule has 0 radical (unpaired) electrons. The van der Waals surface area contributed by atoms with Crippen LogP contribution in [0.1, 0.15) is 0 Å². The molecule has 0 bridgehead atoms. The smallest absolute Gasteiger partial charge is 0.400 e. The van der Waals surface area contributed by atoms with Gasteiger partial charge in [0.05, 0.1) is 5.03 Å². The predicted molar refractivity (Wildman–Crippen MR) is 52.6 cm³/mol. The van der Waals surface area contributed by atoms with Crippen molar-refractivity contribution in [2.45, 2.75) is 9.39 Å². The summed E-state index contributed by atoms with van der Waals surface area (Å²) in [5.41, 5.74) is 0. The second-order valence-corrected chi connectivity index (χ2v) is 4.94. The highest BCUT2D eigenvalue weighted by atomic mass is 35.5. The Balaban J connectivity index is 2.54. The van der Waals surface area contributed by atoms with E-state index in [4.69, 9.17) is 46.4 Å². The van der Waals surface area contributed by atoms with Crippen LogP contribution in [-0.2, 0) is 9.47 Å². The summed E-state index contributed by atoms with van der Waals surface area (Å²) >= 11 is 23.4. The predicted octanol–water partition coefficient (Wildman–Crippen LogP) is 3.28. The number of alkyl halides is 3. The Morgan fingerprint density at radius 3 is 2.50 bits per heavy atom. The minimum atomic E-state index is -1.78. The summed E-state index contributed by atoms with van der Waals surface area (Å²) in [5.74, 6) is 0.0265. The van der Waals surface area contributed by atoms with Crippen molar-refractivity contribution < 1.29 is 14.3 Å². The number of fused-ring (bicyclic) bond motifs is 1. The van der Waals surface area contributed by atoms with Gasteiger partial charge in [0.1, 0.15) is 0 Å². The summed E-state index contributed by atoms with van der Waals surface area (Å²) in [4.78, 5) is 10.9. The lowest BCUT2D eigenvalue weighted by molar-refractivity contribution is 0.104. The molecule has 2 rings (SSSR count).